The molecule has 100 valence electrons. The van der Waals surface area contributed by atoms with Crippen molar-refractivity contribution < 1.29 is 23.0 Å². The molecule has 1 aromatic carbocycles. The van der Waals surface area contributed by atoms with Crippen molar-refractivity contribution in [2.75, 3.05) is 0 Å². The maximum absolute atomic E-state index is 12.0. The van der Waals surface area contributed by atoms with E-state index in [0.717, 1.165) is 12.1 Å². The smallest absolute Gasteiger partial charge is 0.406 e. The van der Waals surface area contributed by atoms with E-state index in [1.54, 1.807) is 12.1 Å². The number of nitrogens with zero attached hydrogens (tertiary/aromatic N) is 1. The lowest BCUT2D eigenvalue weighted by Crippen LogP contribution is -2.17. The van der Waals surface area contributed by atoms with Crippen LogP contribution in [0.25, 0.3) is 0 Å². The molecule has 0 saturated carbocycles. The van der Waals surface area contributed by atoms with Crippen LogP contribution in [0.4, 0.5) is 13.2 Å². The Hall–Kier alpha value is -2.08. The molecule has 0 fully saturated rings. The minimum absolute atomic E-state index is 0.321. The summed E-state index contributed by atoms with van der Waals surface area (Å²) in [5.41, 5.74) is 1.08. The highest BCUT2D eigenvalue weighted by molar-refractivity contribution is 5.33. The fraction of sp³-hybridized carbons (Fsp3) is 0.154. The zero-order valence-electron chi connectivity index (χ0n) is 9.63. The molecule has 0 amide bonds. The molecule has 0 aliphatic heterocycles. The SMILES string of the molecule is OC(c1ccncc1)c1ccc(OC(F)(F)F)cc1. The summed E-state index contributed by atoms with van der Waals surface area (Å²) in [5.74, 6) is -0.321. The van der Waals surface area contributed by atoms with Crippen molar-refractivity contribution in [2.24, 2.45) is 0 Å². The van der Waals surface area contributed by atoms with Crippen LogP contribution < -0.4 is 4.74 Å². The molecule has 0 bridgehead atoms. The first-order valence-electron chi connectivity index (χ1n) is 5.39. The van der Waals surface area contributed by atoms with Gasteiger partial charge in [0.1, 0.15) is 11.9 Å². The molecule has 1 unspecified atom stereocenters. The molecule has 1 atom stereocenters. The minimum Gasteiger partial charge on any atom is -0.406 e. The van der Waals surface area contributed by atoms with Gasteiger partial charge in [0.25, 0.3) is 0 Å². The normalized spacial score (nSPS) is 13.1. The van der Waals surface area contributed by atoms with Gasteiger partial charge in [0, 0.05) is 12.4 Å². The average molecular weight is 269 g/mol. The Labute approximate surface area is 107 Å². The van der Waals surface area contributed by atoms with Crippen molar-refractivity contribution in [3.05, 3.63) is 59.9 Å². The van der Waals surface area contributed by atoms with Gasteiger partial charge in [-0.1, -0.05) is 12.1 Å². The van der Waals surface area contributed by atoms with Crippen LogP contribution in [0.5, 0.6) is 5.75 Å². The van der Waals surface area contributed by atoms with Crippen molar-refractivity contribution in [2.45, 2.75) is 12.5 Å². The first-order valence-corrected chi connectivity index (χ1v) is 5.39. The molecule has 0 aliphatic rings. The predicted octanol–water partition coefficient (Wildman–Crippen LogP) is 3.06. The lowest BCUT2D eigenvalue weighted by molar-refractivity contribution is -0.274. The van der Waals surface area contributed by atoms with E-state index >= 15 is 0 Å². The second-order valence-corrected chi connectivity index (χ2v) is 3.80. The Kier molecular flexibility index (Phi) is 3.71. The Morgan fingerprint density at radius 3 is 2.00 bits per heavy atom. The average Bonchev–Trinajstić information content (AvgIpc) is 2.38. The zero-order valence-corrected chi connectivity index (χ0v) is 9.63. The van der Waals surface area contributed by atoms with Crippen molar-refractivity contribution in [3.8, 4) is 5.75 Å². The topological polar surface area (TPSA) is 42.4 Å². The van der Waals surface area contributed by atoms with Gasteiger partial charge in [-0.2, -0.15) is 0 Å². The summed E-state index contributed by atoms with van der Waals surface area (Å²) < 4.78 is 39.7. The third kappa shape index (κ3) is 3.69. The molecule has 6 heteroatoms. The number of benzene rings is 1. The Morgan fingerprint density at radius 1 is 0.947 bits per heavy atom. The van der Waals surface area contributed by atoms with E-state index in [-0.39, 0.29) is 5.75 Å². The van der Waals surface area contributed by atoms with Crippen LogP contribution in [-0.4, -0.2) is 16.5 Å². The largest absolute Gasteiger partial charge is 0.573 e. The van der Waals surface area contributed by atoms with Gasteiger partial charge in [0.2, 0.25) is 0 Å². The molecule has 0 aliphatic carbocycles. The number of aromatic nitrogens is 1. The van der Waals surface area contributed by atoms with Crippen LogP contribution in [0.15, 0.2) is 48.8 Å². The number of hydrogen-bond acceptors (Lipinski definition) is 3. The quantitative estimate of drug-likeness (QED) is 0.931. The van der Waals surface area contributed by atoms with Gasteiger partial charge >= 0.3 is 6.36 Å². The van der Waals surface area contributed by atoms with Crippen LogP contribution in [0, 0.1) is 0 Å². The van der Waals surface area contributed by atoms with Gasteiger partial charge in [0.15, 0.2) is 0 Å². The summed E-state index contributed by atoms with van der Waals surface area (Å²) >= 11 is 0. The standard InChI is InChI=1S/C13H10F3NO2/c14-13(15,16)19-11-3-1-9(2-4-11)12(18)10-5-7-17-8-6-10/h1-8,12,18H. The molecule has 0 saturated heterocycles. The maximum Gasteiger partial charge on any atom is 0.573 e. The van der Waals surface area contributed by atoms with E-state index < -0.39 is 12.5 Å². The second kappa shape index (κ2) is 5.27. The van der Waals surface area contributed by atoms with E-state index in [1.807, 2.05) is 0 Å². The van der Waals surface area contributed by atoms with Gasteiger partial charge in [-0.3, -0.25) is 4.98 Å². The summed E-state index contributed by atoms with van der Waals surface area (Å²) in [6, 6.07) is 8.34. The molecule has 1 heterocycles. The lowest BCUT2D eigenvalue weighted by Gasteiger charge is -2.13. The summed E-state index contributed by atoms with van der Waals surface area (Å²) in [5, 5.41) is 10.0. The van der Waals surface area contributed by atoms with Crippen molar-refractivity contribution in [3.63, 3.8) is 0 Å². The summed E-state index contributed by atoms with van der Waals surface area (Å²) in [6.07, 6.45) is -2.58. The molecule has 3 nitrogen and oxygen atoms in total. The third-order valence-electron chi connectivity index (χ3n) is 2.45. The van der Waals surface area contributed by atoms with Crippen LogP contribution in [0.3, 0.4) is 0 Å². The van der Waals surface area contributed by atoms with Crippen molar-refractivity contribution in [1.82, 2.24) is 4.98 Å². The second-order valence-electron chi connectivity index (χ2n) is 3.80. The Bertz CT molecular complexity index is 526. The molecular weight excluding hydrogens is 259 g/mol. The van der Waals surface area contributed by atoms with E-state index in [0.29, 0.717) is 11.1 Å². The number of halogens is 3. The minimum atomic E-state index is -4.72. The molecular formula is C13H10F3NO2. The highest BCUT2D eigenvalue weighted by Gasteiger charge is 2.31. The molecule has 0 spiro atoms. The van der Waals surface area contributed by atoms with E-state index in [4.69, 9.17) is 0 Å². The number of rotatable bonds is 3. The monoisotopic (exact) mass is 269 g/mol. The molecule has 0 radical (unpaired) electrons. The molecule has 2 rings (SSSR count). The van der Waals surface area contributed by atoms with Crippen molar-refractivity contribution >= 4 is 0 Å². The van der Waals surface area contributed by atoms with E-state index in [2.05, 4.69) is 9.72 Å². The first-order chi connectivity index (χ1) is 8.96. The van der Waals surface area contributed by atoms with Gasteiger partial charge in [-0.05, 0) is 35.4 Å². The Morgan fingerprint density at radius 2 is 1.47 bits per heavy atom. The van der Waals surface area contributed by atoms with Crippen LogP contribution in [-0.2, 0) is 0 Å². The van der Waals surface area contributed by atoms with Crippen LogP contribution in [0.2, 0.25) is 0 Å². The van der Waals surface area contributed by atoms with E-state index in [9.17, 15) is 18.3 Å². The predicted molar refractivity (Wildman–Crippen MR) is 61.4 cm³/mol. The van der Waals surface area contributed by atoms with Crippen LogP contribution >= 0.6 is 0 Å². The maximum atomic E-state index is 12.0. The summed E-state index contributed by atoms with van der Waals surface area (Å²) in [6.45, 7) is 0. The van der Waals surface area contributed by atoms with Gasteiger partial charge in [-0.15, -0.1) is 13.2 Å². The molecule has 1 aromatic heterocycles. The number of pyridine rings is 1. The Balaban J connectivity index is 2.15. The first kappa shape index (κ1) is 13.4. The highest BCUT2D eigenvalue weighted by Crippen LogP contribution is 2.26. The number of ether oxygens (including phenoxy) is 1. The fourth-order valence-electron chi connectivity index (χ4n) is 1.59. The zero-order chi connectivity index (χ0) is 13.9. The number of alkyl halides is 3. The number of aliphatic hydroxyl groups is 1. The van der Waals surface area contributed by atoms with Crippen LogP contribution in [0.1, 0.15) is 17.2 Å². The summed E-state index contributed by atoms with van der Waals surface area (Å²) in [4.78, 5) is 3.82. The van der Waals surface area contributed by atoms with Gasteiger partial charge in [-0.25, -0.2) is 0 Å². The number of hydrogen-bond donors (Lipinski definition) is 1. The number of aliphatic hydroxyl groups excluding tert-OH is 1. The lowest BCUT2D eigenvalue weighted by atomic mass is 10.0. The van der Waals surface area contributed by atoms with Crippen molar-refractivity contribution in [1.29, 1.82) is 0 Å². The van der Waals surface area contributed by atoms with Gasteiger partial charge < -0.3 is 9.84 Å². The fourth-order valence-corrected chi connectivity index (χ4v) is 1.59. The summed E-state index contributed by atoms with van der Waals surface area (Å²) in [7, 11) is 0. The molecule has 2 aromatic rings. The third-order valence-corrected chi connectivity index (χ3v) is 2.45. The molecule has 19 heavy (non-hydrogen) atoms. The highest BCUT2D eigenvalue weighted by atomic mass is 19.4. The van der Waals surface area contributed by atoms with Gasteiger partial charge in [0.05, 0.1) is 0 Å². The molecule has 1 N–H and O–H groups in total. The van der Waals surface area contributed by atoms with E-state index in [1.165, 1.54) is 24.5 Å².